The molecule has 0 radical (unpaired) electrons. The molecule has 1 aromatic carbocycles. The SMILES string of the molecule is CC(C1CCCN1)n1ccc2ccc(C3(O)CCOCC3)cc21. The van der Waals surface area contributed by atoms with E-state index < -0.39 is 5.60 Å². The molecule has 124 valence electrons. The number of aliphatic hydroxyl groups is 1. The molecule has 2 aromatic rings. The summed E-state index contributed by atoms with van der Waals surface area (Å²) in [6, 6.07) is 9.56. The molecule has 0 bridgehead atoms. The lowest BCUT2D eigenvalue weighted by molar-refractivity contribution is -0.0678. The third-order valence-corrected chi connectivity index (χ3v) is 5.70. The van der Waals surface area contributed by atoms with E-state index in [2.05, 4.69) is 47.3 Å². The molecule has 1 aromatic heterocycles. The van der Waals surface area contributed by atoms with Crippen LogP contribution in [0.2, 0.25) is 0 Å². The highest BCUT2D eigenvalue weighted by atomic mass is 16.5. The molecule has 2 fully saturated rings. The predicted octanol–water partition coefficient (Wildman–Crippen LogP) is 2.95. The van der Waals surface area contributed by atoms with Crippen molar-refractivity contribution in [3.63, 3.8) is 0 Å². The molecule has 0 spiro atoms. The van der Waals surface area contributed by atoms with E-state index in [1.807, 2.05) is 0 Å². The van der Waals surface area contributed by atoms with E-state index in [-0.39, 0.29) is 0 Å². The van der Waals surface area contributed by atoms with Gasteiger partial charge in [-0.25, -0.2) is 0 Å². The number of nitrogens with zero attached hydrogens (tertiary/aromatic N) is 1. The Balaban J connectivity index is 1.71. The maximum Gasteiger partial charge on any atom is 0.0941 e. The van der Waals surface area contributed by atoms with Crippen molar-refractivity contribution >= 4 is 10.9 Å². The number of aromatic nitrogens is 1. The lowest BCUT2D eigenvalue weighted by Crippen LogP contribution is -2.33. The van der Waals surface area contributed by atoms with E-state index in [9.17, 15) is 5.11 Å². The fourth-order valence-corrected chi connectivity index (χ4v) is 4.11. The van der Waals surface area contributed by atoms with Crippen LogP contribution in [-0.2, 0) is 10.3 Å². The van der Waals surface area contributed by atoms with Gasteiger partial charge in [0.1, 0.15) is 0 Å². The third kappa shape index (κ3) is 2.69. The zero-order chi connectivity index (χ0) is 15.9. The fraction of sp³-hybridized carbons (Fsp3) is 0.579. The third-order valence-electron chi connectivity index (χ3n) is 5.70. The van der Waals surface area contributed by atoms with Gasteiger partial charge in [-0.3, -0.25) is 0 Å². The largest absolute Gasteiger partial charge is 0.385 e. The first kappa shape index (κ1) is 15.2. The Kier molecular flexibility index (Phi) is 3.92. The molecule has 0 aliphatic carbocycles. The molecule has 2 N–H and O–H groups in total. The van der Waals surface area contributed by atoms with E-state index >= 15 is 0 Å². The van der Waals surface area contributed by atoms with Gasteiger partial charge in [0, 0.05) is 49.9 Å². The quantitative estimate of drug-likeness (QED) is 0.915. The van der Waals surface area contributed by atoms with Crippen LogP contribution in [0.15, 0.2) is 30.5 Å². The lowest BCUT2D eigenvalue weighted by Gasteiger charge is -2.32. The van der Waals surface area contributed by atoms with Gasteiger partial charge in [-0.1, -0.05) is 12.1 Å². The summed E-state index contributed by atoms with van der Waals surface area (Å²) in [4.78, 5) is 0. The zero-order valence-corrected chi connectivity index (χ0v) is 13.8. The number of hydrogen-bond donors (Lipinski definition) is 2. The fourth-order valence-electron chi connectivity index (χ4n) is 4.11. The van der Waals surface area contributed by atoms with Gasteiger partial charge < -0.3 is 19.7 Å². The molecule has 2 aliphatic heterocycles. The summed E-state index contributed by atoms with van der Waals surface area (Å²) in [5, 5.41) is 15.8. The summed E-state index contributed by atoms with van der Waals surface area (Å²) in [6.07, 6.45) is 6.05. The monoisotopic (exact) mass is 314 g/mol. The molecule has 2 unspecified atom stereocenters. The van der Waals surface area contributed by atoms with Crippen LogP contribution < -0.4 is 5.32 Å². The van der Waals surface area contributed by atoms with Crippen LogP contribution in [-0.4, -0.2) is 35.5 Å². The number of rotatable bonds is 3. The smallest absolute Gasteiger partial charge is 0.0941 e. The molecule has 4 nitrogen and oxygen atoms in total. The van der Waals surface area contributed by atoms with Crippen LogP contribution in [0.5, 0.6) is 0 Å². The van der Waals surface area contributed by atoms with Crippen molar-refractivity contribution < 1.29 is 9.84 Å². The zero-order valence-electron chi connectivity index (χ0n) is 13.8. The Morgan fingerprint density at radius 1 is 1.30 bits per heavy atom. The summed E-state index contributed by atoms with van der Waals surface area (Å²) in [5.41, 5.74) is 1.51. The highest BCUT2D eigenvalue weighted by Gasteiger charge is 2.32. The maximum atomic E-state index is 11.0. The Morgan fingerprint density at radius 3 is 2.87 bits per heavy atom. The number of nitrogens with one attached hydrogen (secondary N) is 1. The second kappa shape index (κ2) is 5.93. The minimum atomic E-state index is -0.740. The van der Waals surface area contributed by atoms with E-state index in [1.165, 1.54) is 23.7 Å². The van der Waals surface area contributed by atoms with Gasteiger partial charge in [0.05, 0.1) is 5.60 Å². The standard InChI is InChI=1S/C19H26N2O2/c1-14(17-3-2-9-20-17)21-10-6-15-4-5-16(13-18(15)21)19(22)7-11-23-12-8-19/h4-6,10,13-14,17,20,22H,2-3,7-9,11-12H2,1H3. The van der Waals surface area contributed by atoms with Crippen LogP contribution in [0, 0.1) is 0 Å². The molecule has 2 saturated heterocycles. The Labute approximate surface area is 137 Å². The molecule has 3 heterocycles. The molecular weight excluding hydrogens is 288 g/mol. The molecule has 2 aliphatic rings. The van der Waals surface area contributed by atoms with Crippen molar-refractivity contribution in [3.05, 3.63) is 36.0 Å². The normalized spacial score (nSPS) is 25.7. The molecule has 23 heavy (non-hydrogen) atoms. The summed E-state index contributed by atoms with van der Waals surface area (Å²) < 4.78 is 7.78. The molecule has 4 rings (SSSR count). The summed E-state index contributed by atoms with van der Waals surface area (Å²) in [6.45, 7) is 4.69. The van der Waals surface area contributed by atoms with Crippen LogP contribution in [0.25, 0.3) is 10.9 Å². The van der Waals surface area contributed by atoms with Crippen molar-refractivity contribution in [3.8, 4) is 0 Å². The minimum Gasteiger partial charge on any atom is -0.385 e. The first-order valence-electron chi connectivity index (χ1n) is 8.82. The predicted molar refractivity (Wildman–Crippen MR) is 91.6 cm³/mol. The Hall–Kier alpha value is -1.36. The van der Waals surface area contributed by atoms with Crippen LogP contribution in [0.3, 0.4) is 0 Å². The first-order chi connectivity index (χ1) is 11.2. The van der Waals surface area contributed by atoms with Crippen molar-refractivity contribution in [1.29, 1.82) is 0 Å². The summed E-state index contributed by atoms with van der Waals surface area (Å²) in [5.74, 6) is 0. The topological polar surface area (TPSA) is 46.4 Å². The van der Waals surface area contributed by atoms with Crippen molar-refractivity contribution in [2.45, 2.75) is 50.3 Å². The van der Waals surface area contributed by atoms with Gasteiger partial charge in [0.15, 0.2) is 0 Å². The average molecular weight is 314 g/mol. The van der Waals surface area contributed by atoms with E-state index in [0.29, 0.717) is 38.1 Å². The summed E-state index contributed by atoms with van der Waals surface area (Å²) >= 11 is 0. The highest BCUT2D eigenvalue weighted by Crippen LogP contribution is 2.35. The van der Waals surface area contributed by atoms with E-state index in [1.54, 1.807) is 0 Å². The van der Waals surface area contributed by atoms with Gasteiger partial charge in [-0.15, -0.1) is 0 Å². The second-order valence-corrected chi connectivity index (χ2v) is 7.08. The Bertz CT molecular complexity index is 682. The molecule has 0 amide bonds. The van der Waals surface area contributed by atoms with Gasteiger partial charge in [0.25, 0.3) is 0 Å². The van der Waals surface area contributed by atoms with Crippen LogP contribution >= 0.6 is 0 Å². The summed E-state index contributed by atoms with van der Waals surface area (Å²) in [7, 11) is 0. The van der Waals surface area contributed by atoms with Gasteiger partial charge in [-0.05, 0) is 49.4 Å². The minimum absolute atomic E-state index is 0.426. The molecule has 2 atom stereocenters. The molecular formula is C19H26N2O2. The van der Waals surface area contributed by atoms with E-state index in [4.69, 9.17) is 4.74 Å². The number of ether oxygens (including phenoxy) is 1. The highest BCUT2D eigenvalue weighted by molar-refractivity contribution is 5.81. The van der Waals surface area contributed by atoms with Gasteiger partial charge in [0.2, 0.25) is 0 Å². The van der Waals surface area contributed by atoms with Gasteiger partial charge in [-0.2, -0.15) is 0 Å². The molecule has 0 saturated carbocycles. The van der Waals surface area contributed by atoms with Crippen molar-refractivity contribution in [2.24, 2.45) is 0 Å². The maximum absolute atomic E-state index is 11.0. The van der Waals surface area contributed by atoms with Gasteiger partial charge >= 0.3 is 0 Å². The lowest BCUT2D eigenvalue weighted by atomic mass is 9.86. The molecule has 4 heteroatoms. The first-order valence-corrected chi connectivity index (χ1v) is 8.82. The van der Waals surface area contributed by atoms with Crippen LogP contribution in [0.4, 0.5) is 0 Å². The number of fused-ring (bicyclic) bond motifs is 1. The number of hydrogen-bond acceptors (Lipinski definition) is 3. The second-order valence-electron chi connectivity index (χ2n) is 7.08. The van der Waals surface area contributed by atoms with E-state index in [0.717, 1.165) is 12.1 Å². The van der Waals surface area contributed by atoms with Crippen LogP contribution in [0.1, 0.15) is 44.2 Å². The Morgan fingerprint density at radius 2 is 2.13 bits per heavy atom. The van der Waals surface area contributed by atoms with Crippen molar-refractivity contribution in [2.75, 3.05) is 19.8 Å². The average Bonchev–Trinajstić information content (AvgIpc) is 3.24. The van der Waals surface area contributed by atoms with Crippen molar-refractivity contribution in [1.82, 2.24) is 9.88 Å². The number of benzene rings is 1.